The maximum atomic E-state index is 5.85. The Hall–Kier alpha value is -0.960. The van der Waals surface area contributed by atoms with Gasteiger partial charge in [0.05, 0.1) is 0 Å². The summed E-state index contributed by atoms with van der Waals surface area (Å²) in [5.74, 6) is 0.634. The Morgan fingerprint density at radius 2 is 1.88 bits per heavy atom. The van der Waals surface area contributed by atoms with Crippen LogP contribution in [0.3, 0.4) is 0 Å². The molecule has 0 bridgehead atoms. The van der Waals surface area contributed by atoms with E-state index >= 15 is 0 Å². The molecule has 16 heavy (non-hydrogen) atoms. The zero-order chi connectivity index (χ0) is 11.5. The highest BCUT2D eigenvalue weighted by atomic mass is 15.4. The van der Waals surface area contributed by atoms with Gasteiger partial charge in [0.2, 0.25) is 0 Å². The summed E-state index contributed by atoms with van der Waals surface area (Å²) in [4.78, 5) is 0. The van der Waals surface area contributed by atoms with E-state index in [1.165, 1.54) is 37.1 Å². The first-order valence-electron chi connectivity index (χ1n) is 6.34. The van der Waals surface area contributed by atoms with Gasteiger partial charge in [0, 0.05) is 17.4 Å². The molecule has 3 N–H and O–H groups in total. The molecule has 0 saturated heterocycles. The Morgan fingerprint density at radius 3 is 2.50 bits per heavy atom. The summed E-state index contributed by atoms with van der Waals surface area (Å²) < 4.78 is 2.21. The van der Waals surface area contributed by atoms with Gasteiger partial charge in [-0.15, -0.1) is 0 Å². The van der Waals surface area contributed by atoms with Gasteiger partial charge in [-0.05, 0) is 51.3 Å². The number of hydrogen-bond donors (Lipinski definition) is 2. The van der Waals surface area contributed by atoms with Crippen molar-refractivity contribution in [1.29, 1.82) is 0 Å². The van der Waals surface area contributed by atoms with Crippen LogP contribution in [0.1, 0.15) is 37.1 Å². The quantitative estimate of drug-likeness (QED) is 0.821. The van der Waals surface area contributed by atoms with Crippen LogP contribution in [0.15, 0.2) is 12.1 Å². The van der Waals surface area contributed by atoms with E-state index in [4.69, 9.17) is 5.73 Å². The fraction of sp³-hybridized carbons (Fsp3) is 0.692. The monoisotopic (exact) mass is 221 g/mol. The van der Waals surface area contributed by atoms with Crippen LogP contribution in [0.2, 0.25) is 0 Å². The summed E-state index contributed by atoms with van der Waals surface area (Å²) in [5, 5.41) is 0. The van der Waals surface area contributed by atoms with Gasteiger partial charge in [-0.3, -0.25) is 4.68 Å². The molecule has 1 fully saturated rings. The molecule has 0 amide bonds. The minimum Gasteiger partial charge on any atom is -0.330 e. The minimum atomic E-state index is 0.545. The minimum absolute atomic E-state index is 0.545. The van der Waals surface area contributed by atoms with Gasteiger partial charge in [-0.25, -0.2) is 0 Å². The molecule has 2 rings (SSSR count). The topological polar surface area (TPSA) is 43.0 Å². The Bertz CT molecular complexity index is 323. The molecular formula is C13H23N3. The molecule has 0 aliphatic heterocycles. The van der Waals surface area contributed by atoms with E-state index in [-0.39, 0.29) is 0 Å². The SMILES string of the molecule is Cc1ccc(C)n1NC1CCCCC1CN. The smallest absolute Gasteiger partial charge is 0.0464 e. The van der Waals surface area contributed by atoms with Crippen molar-refractivity contribution in [3.63, 3.8) is 0 Å². The fourth-order valence-electron chi connectivity index (χ4n) is 2.70. The lowest BCUT2D eigenvalue weighted by atomic mass is 9.85. The molecule has 2 unspecified atom stereocenters. The predicted molar refractivity (Wildman–Crippen MR) is 68.1 cm³/mol. The zero-order valence-corrected chi connectivity index (χ0v) is 10.4. The Kier molecular flexibility index (Phi) is 3.54. The summed E-state index contributed by atoms with van der Waals surface area (Å²) >= 11 is 0. The van der Waals surface area contributed by atoms with Crippen molar-refractivity contribution < 1.29 is 0 Å². The van der Waals surface area contributed by atoms with Crippen molar-refractivity contribution >= 4 is 0 Å². The van der Waals surface area contributed by atoms with E-state index in [9.17, 15) is 0 Å². The van der Waals surface area contributed by atoms with Crippen LogP contribution in [0.5, 0.6) is 0 Å². The average Bonchev–Trinajstić information content (AvgIpc) is 2.61. The highest BCUT2D eigenvalue weighted by Gasteiger charge is 2.24. The molecule has 2 atom stereocenters. The number of nitrogens with zero attached hydrogens (tertiary/aromatic N) is 1. The van der Waals surface area contributed by atoms with E-state index in [0.717, 1.165) is 6.54 Å². The fourth-order valence-corrected chi connectivity index (χ4v) is 2.70. The van der Waals surface area contributed by atoms with Gasteiger partial charge >= 0.3 is 0 Å². The second-order valence-electron chi connectivity index (χ2n) is 4.97. The lowest BCUT2D eigenvalue weighted by Crippen LogP contribution is -2.41. The van der Waals surface area contributed by atoms with Crippen LogP contribution >= 0.6 is 0 Å². The Morgan fingerprint density at radius 1 is 1.25 bits per heavy atom. The normalized spacial score (nSPS) is 25.7. The van der Waals surface area contributed by atoms with Crippen LogP contribution in [0.4, 0.5) is 0 Å². The van der Waals surface area contributed by atoms with Gasteiger partial charge in [-0.1, -0.05) is 12.8 Å². The lowest BCUT2D eigenvalue weighted by Gasteiger charge is -2.33. The number of aromatic nitrogens is 1. The van der Waals surface area contributed by atoms with Crippen LogP contribution in [-0.2, 0) is 0 Å². The third-order valence-electron chi connectivity index (χ3n) is 3.78. The summed E-state index contributed by atoms with van der Waals surface area (Å²) in [6, 6.07) is 4.86. The van der Waals surface area contributed by atoms with Crippen LogP contribution in [-0.4, -0.2) is 17.3 Å². The highest BCUT2D eigenvalue weighted by Crippen LogP contribution is 2.24. The second kappa shape index (κ2) is 4.91. The van der Waals surface area contributed by atoms with Gasteiger partial charge in [0.25, 0.3) is 0 Å². The largest absolute Gasteiger partial charge is 0.330 e. The van der Waals surface area contributed by atoms with Gasteiger partial charge in [0.1, 0.15) is 0 Å². The van der Waals surface area contributed by atoms with Crippen molar-refractivity contribution in [2.24, 2.45) is 11.7 Å². The predicted octanol–water partition coefficient (Wildman–Crippen LogP) is 2.17. The van der Waals surface area contributed by atoms with E-state index in [1.54, 1.807) is 0 Å². The molecule has 0 aromatic carbocycles. The molecule has 1 aliphatic carbocycles. The van der Waals surface area contributed by atoms with Gasteiger partial charge in [0.15, 0.2) is 0 Å². The summed E-state index contributed by atoms with van der Waals surface area (Å²) in [6.07, 6.45) is 5.18. The van der Waals surface area contributed by atoms with Crippen molar-refractivity contribution in [1.82, 2.24) is 4.68 Å². The third kappa shape index (κ3) is 2.24. The molecule has 1 saturated carbocycles. The Labute approximate surface area is 98.0 Å². The van der Waals surface area contributed by atoms with Crippen molar-refractivity contribution in [3.8, 4) is 0 Å². The van der Waals surface area contributed by atoms with E-state index in [1.807, 2.05) is 0 Å². The zero-order valence-electron chi connectivity index (χ0n) is 10.4. The number of hydrogen-bond acceptors (Lipinski definition) is 2. The summed E-state index contributed by atoms with van der Waals surface area (Å²) in [7, 11) is 0. The molecule has 3 heteroatoms. The second-order valence-corrected chi connectivity index (χ2v) is 4.97. The first-order chi connectivity index (χ1) is 7.72. The van der Waals surface area contributed by atoms with Gasteiger partial charge < -0.3 is 11.2 Å². The molecule has 0 spiro atoms. The average molecular weight is 221 g/mol. The number of nitrogens with two attached hydrogens (primary N) is 1. The molecular weight excluding hydrogens is 198 g/mol. The molecule has 3 nitrogen and oxygen atoms in total. The van der Waals surface area contributed by atoms with Crippen molar-refractivity contribution in [2.75, 3.05) is 12.0 Å². The maximum Gasteiger partial charge on any atom is 0.0464 e. The molecule has 90 valence electrons. The standard InChI is InChI=1S/C13H23N3/c1-10-7-8-11(2)16(10)15-13-6-4-3-5-12(13)9-14/h7-8,12-13,15H,3-6,9,14H2,1-2H3. The third-order valence-corrected chi connectivity index (χ3v) is 3.78. The lowest BCUT2D eigenvalue weighted by molar-refractivity contribution is 0.315. The van der Waals surface area contributed by atoms with Crippen molar-refractivity contribution in [3.05, 3.63) is 23.5 Å². The maximum absolute atomic E-state index is 5.85. The Balaban J connectivity index is 2.07. The highest BCUT2D eigenvalue weighted by molar-refractivity contribution is 5.16. The van der Waals surface area contributed by atoms with Gasteiger partial charge in [-0.2, -0.15) is 0 Å². The molecule has 1 aliphatic rings. The molecule has 1 aromatic heterocycles. The summed E-state index contributed by atoms with van der Waals surface area (Å²) in [6.45, 7) is 5.08. The van der Waals surface area contributed by atoms with Crippen LogP contribution in [0.25, 0.3) is 0 Å². The number of rotatable bonds is 3. The van der Waals surface area contributed by atoms with Crippen molar-refractivity contribution in [2.45, 2.75) is 45.6 Å². The number of nitrogens with one attached hydrogen (secondary N) is 1. The molecule has 1 heterocycles. The van der Waals surface area contributed by atoms with E-state index in [0.29, 0.717) is 12.0 Å². The first kappa shape index (κ1) is 11.5. The molecule has 1 aromatic rings. The van der Waals surface area contributed by atoms with E-state index in [2.05, 4.69) is 36.1 Å². The van der Waals surface area contributed by atoms with Crippen LogP contribution < -0.4 is 11.2 Å². The van der Waals surface area contributed by atoms with Crippen LogP contribution in [0, 0.1) is 19.8 Å². The summed E-state index contributed by atoms with van der Waals surface area (Å²) in [5.41, 5.74) is 12.0. The number of aryl methyl sites for hydroxylation is 2. The first-order valence-corrected chi connectivity index (χ1v) is 6.34. The molecule has 0 radical (unpaired) electrons. The van der Waals surface area contributed by atoms with E-state index < -0.39 is 0 Å².